The molecular weight excluding hydrogens is 751 g/mol. The van der Waals surface area contributed by atoms with Gasteiger partial charge in [-0.05, 0) is 123 Å². The second kappa shape index (κ2) is 24.7. The summed E-state index contributed by atoms with van der Waals surface area (Å²) < 4.78 is 13.6. The van der Waals surface area contributed by atoms with Crippen LogP contribution in [0.2, 0.25) is 0 Å². The van der Waals surface area contributed by atoms with Gasteiger partial charge in [-0.3, -0.25) is 0 Å². The van der Waals surface area contributed by atoms with Crippen molar-refractivity contribution < 1.29 is 9.31 Å². The van der Waals surface area contributed by atoms with Gasteiger partial charge in [0, 0.05) is 27.0 Å². The van der Waals surface area contributed by atoms with Crippen LogP contribution >= 0.6 is 15.9 Å². The van der Waals surface area contributed by atoms with Gasteiger partial charge in [-0.1, -0.05) is 158 Å². The number of halogens is 1. The first kappa shape index (κ1) is 45.6. The summed E-state index contributed by atoms with van der Waals surface area (Å²) in [5.41, 5.74) is 7.57. The van der Waals surface area contributed by atoms with Gasteiger partial charge in [0.05, 0.1) is 16.9 Å². The van der Waals surface area contributed by atoms with E-state index in [0.29, 0.717) is 0 Å². The van der Waals surface area contributed by atoms with Gasteiger partial charge < -0.3 is 19.9 Å². The fourth-order valence-electron chi connectivity index (χ4n) is 7.10. The van der Waals surface area contributed by atoms with E-state index < -0.39 is 0 Å². The third kappa shape index (κ3) is 15.7. The van der Waals surface area contributed by atoms with Crippen molar-refractivity contribution in [3.05, 3.63) is 113 Å². The van der Waals surface area contributed by atoms with Gasteiger partial charge in [-0.25, -0.2) is 0 Å². The van der Waals surface area contributed by atoms with Gasteiger partial charge in [0.1, 0.15) is 0 Å². The van der Waals surface area contributed by atoms with Crippen molar-refractivity contribution in [2.45, 2.75) is 168 Å². The lowest BCUT2D eigenvalue weighted by molar-refractivity contribution is 0.00578. The first-order chi connectivity index (χ1) is 27.1. The van der Waals surface area contributed by atoms with Crippen molar-refractivity contribution >= 4 is 51.3 Å². The number of anilines is 4. The topological polar surface area (TPSA) is 42.5 Å². The van der Waals surface area contributed by atoms with Gasteiger partial charge in [0.15, 0.2) is 0 Å². The molecule has 2 N–H and O–H groups in total. The molecule has 304 valence electrons. The quantitative estimate of drug-likeness (QED) is 0.0578. The molecule has 5 rings (SSSR count). The molecule has 4 aromatic rings. The number of nitrogens with one attached hydrogen (secondary N) is 2. The van der Waals surface area contributed by atoms with E-state index in [1.165, 1.54) is 127 Å². The van der Waals surface area contributed by atoms with Crippen LogP contribution < -0.4 is 16.1 Å². The van der Waals surface area contributed by atoms with Crippen LogP contribution in [-0.2, 0) is 22.2 Å². The molecular formula is C50H72BBrN2O2. The summed E-state index contributed by atoms with van der Waals surface area (Å²) in [7, 11) is -0.370. The van der Waals surface area contributed by atoms with Crippen LogP contribution in [0.15, 0.2) is 102 Å². The summed E-state index contributed by atoms with van der Waals surface area (Å²) in [5.74, 6) is 0. The maximum absolute atomic E-state index is 6.28. The Morgan fingerprint density at radius 2 is 0.839 bits per heavy atom. The van der Waals surface area contributed by atoms with Crippen molar-refractivity contribution in [2.24, 2.45) is 0 Å². The molecule has 1 saturated heterocycles. The van der Waals surface area contributed by atoms with Gasteiger partial charge in [0.2, 0.25) is 0 Å². The molecule has 56 heavy (non-hydrogen) atoms. The maximum Gasteiger partial charge on any atom is 0.496 e. The van der Waals surface area contributed by atoms with E-state index in [4.69, 9.17) is 9.31 Å². The zero-order valence-corrected chi connectivity index (χ0v) is 37.3. The number of hydrogen-bond acceptors (Lipinski definition) is 4. The first-order valence-corrected chi connectivity index (χ1v) is 22.8. The highest BCUT2D eigenvalue weighted by Gasteiger charge is 2.52. The van der Waals surface area contributed by atoms with E-state index in [0.717, 1.165) is 32.7 Å². The summed E-state index contributed by atoms with van der Waals surface area (Å²) in [6.45, 7) is 12.9. The molecule has 0 radical (unpaired) electrons. The fourth-order valence-corrected chi connectivity index (χ4v) is 7.48. The van der Waals surface area contributed by atoms with E-state index in [1.807, 2.05) is 24.3 Å². The highest BCUT2D eigenvalue weighted by atomic mass is 79.9. The summed E-state index contributed by atoms with van der Waals surface area (Å²) in [6, 6.07) is 34.2. The van der Waals surface area contributed by atoms with Crippen LogP contribution in [0.3, 0.4) is 0 Å². The van der Waals surface area contributed by atoms with Crippen LogP contribution in [-0.4, -0.2) is 18.3 Å². The van der Waals surface area contributed by atoms with Crippen LogP contribution in [0.1, 0.15) is 155 Å². The summed E-state index contributed by atoms with van der Waals surface area (Å²) >= 11 is 3.57. The normalized spacial score (nSPS) is 14.3. The van der Waals surface area contributed by atoms with E-state index in [-0.39, 0.29) is 18.3 Å². The molecule has 4 nitrogen and oxygen atoms in total. The highest BCUT2D eigenvalue weighted by molar-refractivity contribution is 9.10. The molecule has 0 aromatic heterocycles. The Balaban J connectivity index is 0.000000259. The molecule has 0 spiro atoms. The zero-order chi connectivity index (χ0) is 40.1. The number of rotatable bonds is 23. The minimum Gasteiger partial charge on any atom is -0.399 e. The SMILES string of the molecule is CCCCCCCCCCc1ccc(Nc2ccccc2B2OC(C)(C)C(C)(C)O2)cc1.CCCCCCCCCCc1ccc(Nc2ccccc2Br)cc1. The third-order valence-corrected chi connectivity index (χ3v) is 12.1. The average molecular weight is 824 g/mol. The zero-order valence-electron chi connectivity index (χ0n) is 35.7. The molecule has 6 heteroatoms. The molecule has 4 aromatic carbocycles. The molecule has 0 aliphatic carbocycles. The number of aryl methyl sites for hydroxylation is 2. The van der Waals surface area contributed by atoms with Gasteiger partial charge in [-0.2, -0.15) is 0 Å². The van der Waals surface area contributed by atoms with E-state index >= 15 is 0 Å². The number of para-hydroxylation sites is 2. The minimum absolute atomic E-state index is 0.345. The molecule has 0 unspecified atom stereocenters. The molecule has 0 atom stereocenters. The van der Waals surface area contributed by atoms with Crippen molar-refractivity contribution in [3.63, 3.8) is 0 Å². The van der Waals surface area contributed by atoms with Crippen molar-refractivity contribution in [1.82, 2.24) is 0 Å². The lowest BCUT2D eigenvalue weighted by Gasteiger charge is -2.32. The van der Waals surface area contributed by atoms with Crippen LogP contribution in [0.4, 0.5) is 22.7 Å². The van der Waals surface area contributed by atoms with E-state index in [2.05, 4.69) is 141 Å². The summed E-state index contributed by atoms with van der Waals surface area (Å²) in [6.07, 6.45) is 24.3. The number of hydrogen-bond donors (Lipinski definition) is 2. The molecule has 0 amide bonds. The maximum atomic E-state index is 6.28. The van der Waals surface area contributed by atoms with Crippen molar-refractivity contribution in [3.8, 4) is 0 Å². The predicted molar refractivity (Wildman–Crippen MR) is 248 cm³/mol. The second-order valence-electron chi connectivity index (χ2n) is 16.7. The fraction of sp³-hybridized carbons (Fsp3) is 0.520. The lowest BCUT2D eigenvalue weighted by Crippen LogP contribution is -2.41. The number of benzene rings is 4. The Labute approximate surface area is 350 Å². The highest BCUT2D eigenvalue weighted by Crippen LogP contribution is 2.37. The third-order valence-electron chi connectivity index (χ3n) is 11.4. The molecule has 1 fully saturated rings. The first-order valence-electron chi connectivity index (χ1n) is 22.0. The molecule has 1 aliphatic heterocycles. The van der Waals surface area contributed by atoms with E-state index in [9.17, 15) is 0 Å². The standard InChI is InChI=1S/C28H42BNO2.C22H30BrN/c1-6-7-8-9-10-11-12-13-16-23-19-21-24(22-20-23)30-26-18-15-14-17-25(26)29-31-27(2,3)28(4,5)32-29;1-2-3-4-5-6-7-8-9-12-19-15-17-20(18-16-19)24-22-14-11-10-13-21(22)23/h14-15,17-22,30H,6-13,16H2,1-5H3;10-11,13-18,24H,2-9,12H2,1H3. The van der Waals surface area contributed by atoms with Gasteiger partial charge in [-0.15, -0.1) is 0 Å². The molecule has 0 bridgehead atoms. The average Bonchev–Trinajstić information content (AvgIpc) is 3.42. The molecule has 1 aliphatic rings. The lowest BCUT2D eigenvalue weighted by atomic mass is 9.77. The van der Waals surface area contributed by atoms with Crippen LogP contribution in [0.25, 0.3) is 0 Å². The van der Waals surface area contributed by atoms with Crippen molar-refractivity contribution in [1.29, 1.82) is 0 Å². The predicted octanol–water partition coefficient (Wildman–Crippen LogP) is 15.3. The van der Waals surface area contributed by atoms with Crippen molar-refractivity contribution in [2.75, 3.05) is 10.6 Å². The monoisotopic (exact) mass is 822 g/mol. The van der Waals surface area contributed by atoms with Gasteiger partial charge >= 0.3 is 7.12 Å². The summed E-state index contributed by atoms with van der Waals surface area (Å²) in [4.78, 5) is 0. The Morgan fingerprint density at radius 1 is 0.464 bits per heavy atom. The Morgan fingerprint density at radius 3 is 1.29 bits per heavy atom. The second-order valence-corrected chi connectivity index (χ2v) is 17.6. The van der Waals surface area contributed by atoms with Crippen LogP contribution in [0.5, 0.6) is 0 Å². The largest absolute Gasteiger partial charge is 0.496 e. The molecule has 1 heterocycles. The van der Waals surface area contributed by atoms with Gasteiger partial charge in [0.25, 0.3) is 0 Å². The Bertz CT molecular complexity index is 1640. The molecule has 0 saturated carbocycles. The van der Waals surface area contributed by atoms with Crippen LogP contribution in [0, 0.1) is 0 Å². The Kier molecular flexibility index (Phi) is 20.1. The smallest absolute Gasteiger partial charge is 0.399 e. The Hall–Kier alpha value is -3.06. The van der Waals surface area contributed by atoms with E-state index in [1.54, 1.807) is 0 Å². The number of unbranched alkanes of at least 4 members (excludes halogenated alkanes) is 14. The summed E-state index contributed by atoms with van der Waals surface area (Å²) in [5, 5.41) is 7.03. The minimum atomic E-state index is -0.370.